The van der Waals surface area contributed by atoms with Gasteiger partial charge in [-0.15, -0.1) is 20.5 Å². The summed E-state index contributed by atoms with van der Waals surface area (Å²) < 4.78 is 147. The minimum atomic E-state index is -5.26. The molecule has 340 valence electrons. The zero-order valence-corrected chi connectivity index (χ0v) is 35.4. The normalized spacial score (nSPS) is 12.6. The van der Waals surface area contributed by atoms with Crippen LogP contribution < -0.4 is 14.8 Å². The topological polar surface area (TPSA) is 424 Å². The number of nitrogens with zero attached hydrogens (tertiary/aromatic N) is 6. The van der Waals surface area contributed by atoms with E-state index in [-0.39, 0.29) is 32.9 Å². The summed E-state index contributed by atoms with van der Waals surface area (Å²) in [4.78, 5) is 16.7. The predicted molar refractivity (Wildman–Crippen MR) is 221 cm³/mol. The number of ether oxygens (including phenoxy) is 2. The van der Waals surface area contributed by atoms with Crippen molar-refractivity contribution < 1.29 is 81.4 Å². The Morgan fingerprint density at radius 3 is 1.37 bits per heavy atom. The fourth-order valence-corrected chi connectivity index (χ4v) is 8.64. The lowest BCUT2D eigenvalue weighted by atomic mass is 10.1. The minimum absolute atomic E-state index is 0.0770. The summed E-state index contributed by atoms with van der Waals surface area (Å²) in [5.74, 6) is -3.27. The molecule has 0 bridgehead atoms. The number of hydrogen-bond donors (Lipinski definition) is 7. The highest BCUT2D eigenvalue weighted by atomic mass is 32.2. The highest BCUT2D eigenvalue weighted by Gasteiger charge is 2.29. The summed E-state index contributed by atoms with van der Waals surface area (Å²) in [6.07, 6.45) is 0. The van der Waals surface area contributed by atoms with Gasteiger partial charge in [-0.3, -0.25) is 38.4 Å². The van der Waals surface area contributed by atoms with Gasteiger partial charge in [-0.05, 0) is 65.4 Å². The lowest BCUT2D eigenvalue weighted by Gasteiger charge is -2.13. The number of nitrogens with one attached hydrogen (secondary N) is 1. The quantitative estimate of drug-likeness (QED) is 0.0255. The fraction of sp³-hybridized carbons (Fsp3) is 0.0588. The molecule has 0 spiro atoms. The SMILES string of the molecule is COc1c(N=Nc2c(S(=O)(=O)O)cc3cc(Nc4ccc5c(O)c(N=Nc6cc([N+](=O)[O-])cc(S(=O)(=O)O)c6OC)c(S(=O)(=O)O)cc5c4)ccc3c2O)cc(S(=O)(=O)O)cc1[N+](=O)[O-]. The van der Waals surface area contributed by atoms with Gasteiger partial charge >= 0.3 is 5.69 Å². The van der Waals surface area contributed by atoms with Gasteiger partial charge in [0.25, 0.3) is 46.2 Å². The van der Waals surface area contributed by atoms with Gasteiger partial charge in [0, 0.05) is 40.3 Å². The summed E-state index contributed by atoms with van der Waals surface area (Å²) in [6, 6.07) is 11.5. The number of phenols is 2. The van der Waals surface area contributed by atoms with Crippen LogP contribution in [0.15, 0.2) is 113 Å². The Bertz CT molecular complexity index is 3450. The fourth-order valence-electron chi connectivity index (χ4n) is 6.11. The molecule has 0 saturated carbocycles. The molecule has 27 nitrogen and oxygen atoms in total. The molecule has 0 unspecified atom stereocenters. The molecule has 0 aliphatic rings. The Labute approximate surface area is 363 Å². The Hall–Kier alpha value is -7.52. The summed E-state index contributed by atoms with van der Waals surface area (Å²) in [7, 11) is -18.9. The van der Waals surface area contributed by atoms with E-state index in [4.69, 9.17) is 9.47 Å². The van der Waals surface area contributed by atoms with E-state index in [1.54, 1.807) is 0 Å². The largest absolute Gasteiger partial charge is 0.505 e. The van der Waals surface area contributed by atoms with Crippen LogP contribution in [0.25, 0.3) is 21.5 Å². The van der Waals surface area contributed by atoms with E-state index in [2.05, 4.69) is 25.8 Å². The number of hydrogen-bond acceptors (Lipinski definition) is 21. The third-order valence-electron chi connectivity index (χ3n) is 8.90. The highest BCUT2D eigenvalue weighted by Crippen LogP contribution is 2.47. The molecule has 6 aromatic carbocycles. The van der Waals surface area contributed by atoms with Gasteiger partial charge in [-0.25, -0.2) is 0 Å². The molecule has 6 aromatic rings. The highest BCUT2D eigenvalue weighted by molar-refractivity contribution is 7.86. The van der Waals surface area contributed by atoms with Crippen molar-refractivity contribution in [2.24, 2.45) is 20.5 Å². The van der Waals surface area contributed by atoms with E-state index in [0.29, 0.717) is 24.3 Å². The average Bonchev–Trinajstić information content (AvgIpc) is 3.20. The van der Waals surface area contributed by atoms with Crippen molar-refractivity contribution >= 4 is 108 Å². The second kappa shape index (κ2) is 16.9. The second-order valence-electron chi connectivity index (χ2n) is 12.9. The summed E-state index contributed by atoms with van der Waals surface area (Å²) in [5.41, 5.74) is -4.90. The lowest BCUT2D eigenvalue weighted by Crippen LogP contribution is -2.03. The molecule has 6 rings (SSSR count). The Balaban J connectivity index is 1.42. The molecule has 0 saturated heterocycles. The van der Waals surface area contributed by atoms with Crippen molar-refractivity contribution in [1.82, 2.24) is 0 Å². The third-order valence-corrected chi connectivity index (χ3v) is 12.3. The van der Waals surface area contributed by atoms with E-state index in [1.807, 2.05) is 0 Å². The molecule has 7 N–H and O–H groups in total. The molecular formula is C34H25N7O20S4. The second-order valence-corrected chi connectivity index (χ2v) is 18.5. The summed E-state index contributed by atoms with van der Waals surface area (Å²) in [6.45, 7) is 0. The predicted octanol–water partition coefficient (Wildman–Crippen LogP) is 6.80. The first kappa shape index (κ1) is 47.0. The number of phenolic OH excluding ortho intramolecular Hbond substituents is 2. The van der Waals surface area contributed by atoms with Gasteiger partial charge in [0.2, 0.25) is 5.75 Å². The number of azo groups is 2. The van der Waals surface area contributed by atoms with E-state index in [1.165, 1.54) is 36.4 Å². The third kappa shape index (κ3) is 9.55. The molecule has 0 aromatic heterocycles. The molecule has 31 heteroatoms. The van der Waals surface area contributed by atoms with Crippen LogP contribution in [0.3, 0.4) is 0 Å². The first-order valence-corrected chi connectivity index (χ1v) is 22.7. The molecule has 0 amide bonds. The first-order valence-electron chi connectivity index (χ1n) is 17.0. The van der Waals surface area contributed by atoms with E-state index in [9.17, 15) is 82.3 Å². The van der Waals surface area contributed by atoms with Crippen molar-refractivity contribution in [3.05, 3.63) is 93.0 Å². The van der Waals surface area contributed by atoms with Gasteiger partial charge in [-0.2, -0.15) is 33.7 Å². The van der Waals surface area contributed by atoms with Gasteiger partial charge in [0.05, 0.1) is 24.1 Å². The smallest absolute Gasteiger partial charge is 0.314 e. The Kier molecular flexibility index (Phi) is 12.2. The number of nitro benzene ring substituents is 2. The lowest BCUT2D eigenvalue weighted by molar-refractivity contribution is -0.385. The van der Waals surface area contributed by atoms with Crippen molar-refractivity contribution in [1.29, 1.82) is 0 Å². The number of non-ortho nitro benzene ring substituents is 1. The monoisotopic (exact) mass is 979 g/mol. The van der Waals surface area contributed by atoms with Gasteiger partial charge in [0.15, 0.2) is 17.2 Å². The number of rotatable bonds is 14. The van der Waals surface area contributed by atoms with Crippen molar-refractivity contribution in [2.75, 3.05) is 19.5 Å². The maximum Gasteiger partial charge on any atom is 0.314 e. The average molecular weight is 980 g/mol. The Morgan fingerprint density at radius 1 is 0.538 bits per heavy atom. The molecule has 0 aliphatic carbocycles. The van der Waals surface area contributed by atoms with Crippen LogP contribution in [0.2, 0.25) is 0 Å². The van der Waals surface area contributed by atoms with Gasteiger partial charge in [-0.1, -0.05) is 0 Å². The Morgan fingerprint density at radius 2 is 0.985 bits per heavy atom. The maximum atomic E-state index is 12.5. The van der Waals surface area contributed by atoms with Crippen molar-refractivity contribution in [2.45, 2.75) is 19.6 Å². The molecule has 0 aliphatic heterocycles. The van der Waals surface area contributed by atoms with Crippen LogP contribution in [-0.4, -0.2) is 86.2 Å². The van der Waals surface area contributed by atoms with Crippen LogP contribution in [0.1, 0.15) is 0 Å². The molecule has 0 atom stereocenters. The van der Waals surface area contributed by atoms with Crippen LogP contribution in [0.4, 0.5) is 45.5 Å². The van der Waals surface area contributed by atoms with Crippen molar-refractivity contribution in [3.63, 3.8) is 0 Å². The van der Waals surface area contributed by atoms with Crippen molar-refractivity contribution in [3.8, 4) is 23.0 Å². The number of methoxy groups -OCH3 is 2. The number of anilines is 2. The maximum absolute atomic E-state index is 12.5. The zero-order chi connectivity index (χ0) is 48.1. The molecular weight excluding hydrogens is 955 g/mol. The molecule has 65 heavy (non-hydrogen) atoms. The van der Waals surface area contributed by atoms with E-state index in [0.717, 1.165) is 26.4 Å². The summed E-state index contributed by atoms with van der Waals surface area (Å²) in [5, 5.41) is 62.4. The number of aromatic hydroxyl groups is 2. The minimum Gasteiger partial charge on any atom is -0.505 e. The van der Waals surface area contributed by atoms with E-state index < -0.39 is 127 Å². The first-order chi connectivity index (χ1) is 30.1. The molecule has 0 heterocycles. The van der Waals surface area contributed by atoms with Crippen LogP contribution in [-0.2, 0) is 40.5 Å². The van der Waals surface area contributed by atoms with Gasteiger partial charge in [0.1, 0.15) is 42.3 Å². The van der Waals surface area contributed by atoms with Gasteiger partial charge < -0.3 is 25.0 Å². The molecule has 0 radical (unpaired) electrons. The molecule has 0 fully saturated rings. The number of benzene rings is 6. The number of fused-ring (bicyclic) bond motifs is 2. The summed E-state index contributed by atoms with van der Waals surface area (Å²) >= 11 is 0. The van der Waals surface area contributed by atoms with Crippen LogP contribution in [0, 0.1) is 20.2 Å². The standard InChI is InChI=1S/C34H25N7O20S4/c1-60-33-24(13-20(62(48,49)50)14-25(33)41(46)47)37-39-30-27(64(54,55)56)10-16-8-18(4-6-22(16)32(30)43)35-17-3-5-21-15(7-17)9-26(63(51,52)53)29(31(21)42)38-36-23-11-19(40(44)45)12-28(34(23)61-2)65(57,58)59/h3-14,35,42-43H,1-2H3,(H,48,49,50)(H,51,52,53)(H,54,55,56)(H,57,58,59). The number of nitro groups is 2. The zero-order valence-electron chi connectivity index (χ0n) is 32.1. The van der Waals surface area contributed by atoms with Crippen LogP contribution >= 0.6 is 0 Å². The van der Waals surface area contributed by atoms with Crippen LogP contribution in [0.5, 0.6) is 23.0 Å². The van der Waals surface area contributed by atoms with E-state index >= 15 is 0 Å².